The molecule has 9 heteroatoms. The Balaban J connectivity index is 1.08. The first-order chi connectivity index (χ1) is 19.6. The number of rotatable bonds is 3. The molecular weight excluding hydrogens is 516 g/mol. The fraction of sp³-hybridized carbons (Fsp3) is 0.500. The monoisotopic (exact) mass is 554 g/mol. The average molecular weight is 555 g/mol. The van der Waals surface area contributed by atoms with Gasteiger partial charge in [0, 0.05) is 50.1 Å². The standard InChI is InChI=1S/C32H38N6O3/c1-31(2,3)19-37-18-25-23(8-9-27-24(25)16-33-35-27)26-15-32(26,29(37)40)34-30(41)36-12-10-22(11-13-36)38-17-21-7-5-4-6-20(21)14-28(38)39/h4-9,16,22,26H,10-15,17-19H2,1-3H3,(H,33,35)(H,34,41)/t26-,32?/m1/s1. The van der Waals surface area contributed by atoms with Gasteiger partial charge >= 0.3 is 6.03 Å². The Bertz CT molecular complexity index is 1550. The van der Waals surface area contributed by atoms with Crippen LogP contribution >= 0.6 is 0 Å². The largest absolute Gasteiger partial charge is 0.336 e. The van der Waals surface area contributed by atoms with Crippen molar-refractivity contribution in [2.75, 3.05) is 19.6 Å². The molecule has 1 saturated carbocycles. The molecule has 7 rings (SSSR count). The molecule has 0 spiro atoms. The Morgan fingerprint density at radius 1 is 1.07 bits per heavy atom. The molecular formula is C32H38N6O3. The van der Waals surface area contributed by atoms with Crippen molar-refractivity contribution in [1.82, 2.24) is 30.2 Å². The smallest absolute Gasteiger partial charge is 0.318 e. The zero-order valence-electron chi connectivity index (χ0n) is 24.1. The summed E-state index contributed by atoms with van der Waals surface area (Å²) in [6, 6.07) is 12.2. The van der Waals surface area contributed by atoms with E-state index in [0.717, 1.165) is 40.4 Å². The zero-order chi connectivity index (χ0) is 28.5. The molecule has 0 bridgehead atoms. The SMILES string of the molecule is CC(C)(C)CN1Cc2c(ccc3[nH]ncc23)[C@H]2CC2(NC(=O)N2CCC(N3Cc4ccccc4CC3=O)CC2)C1=O. The van der Waals surface area contributed by atoms with Gasteiger partial charge in [0.05, 0.1) is 18.1 Å². The first-order valence-corrected chi connectivity index (χ1v) is 14.8. The van der Waals surface area contributed by atoms with E-state index in [1.165, 1.54) is 5.56 Å². The van der Waals surface area contributed by atoms with Crippen LogP contribution in [0.25, 0.3) is 10.9 Å². The maximum Gasteiger partial charge on any atom is 0.318 e. The van der Waals surface area contributed by atoms with Gasteiger partial charge in [-0.15, -0.1) is 0 Å². The molecule has 4 amide bonds. The van der Waals surface area contributed by atoms with Gasteiger partial charge in [-0.2, -0.15) is 5.10 Å². The number of nitrogens with one attached hydrogen (secondary N) is 2. The zero-order valence-corrected chi connectivity index (χ0v) is 24.1. The van der Waals surface area contributed by atoms with Crippen LogP contribution in [0.15, 0.2) is 42.6 Å². The van der Waals surface area contributed by atoms with Crippen LogP contribution in [0, 0.1) is 5.41 Å². The molecule has 2 N–H and O–H groups in total. The van der Waals surface area contributed by atoms with Crippen LogP contribution in [0.4, 0.5) is 4.79 Å². The van der Waals surface area contributed by atoms with Crippen LogP contribution in [0.5, 0.6) is 0 Å². The van der Waals surface area contributed by atoms with Crippen LogP contribution in [0.2, 0.25) is 0 Å². The van der Waals surface area contributed by atoms with Gasteiger partial charge in [-0.25, -0.2) is 4.79 Å². The molecule has 1 aromatic heterocycles. The summed E-state index contributed by atoms with van der Waals surface area (Å²) in [5.41, 5.74) is 4.54. The van der Waals surface area contributed by atoms with Crippen molar-refractivity contribution in [3.8, 4) is 0 Å². The summed E-state index contributed by atoms with van der Waals surface area (Å²) in [5, 5.41) is 11.6. The number of H-pyrrole nitrogens is 1. The van der Waals surface area contributed by atoms with E-state index in [-0.39, 0.29) is 35.2 Å². The molecule has 3 aromatic rings. The molecule has 2 atom stereocenters. The molecule has 2 aromatic carbocycles. The lowest BCUT2D eigenvalue weighted by Crippen LogP contribution is -2.57. The van der Waals surface area contributed by atoms with Crippen LogP contribution in [0.1, 0.15) is 68.2 Å². The van der Waals surface area contributed by atoms with Gasteiger partial charge in [-0.3, -0.25) is 14.7 Å². The van der Waals surface area contributed by atoms with Crippen molar-refractivity contribution < 1.29 is 14.4 Å². The minimum absolute atomic E-state index is 0.00563. The van der Waals surface area contributed by atoms with Crippen molar-refractivity contribution >= 4 is 28.7 Å². The Hall–Kier alpha value is -3.88. The van der Waals surface area contributed by atoms with E-state index in [4.69, 9.17) is 0 Å². The number of amides is 4. The average Bonchev–Trinajstić information content (AvgIpc) is 3.47. The van der Waals surface area contributed by atoms with Gasteiger partial charge in [0.15, 0.2) is 0 Å². The van der Waals surface area contributed by atoms with Gasteiger partial charge in [0.2, 0.25) is 11.8 Å². The third-order valence-corrected chi connectivity index (χ3v) is 9.43. The number of carbonyl (C=O) groups is 3. The first kappa shape index (κ1) is 26.0. The molecule has 1 unspecified atom stereocenters. The van der Waals surface area contributed by atoms with E-state index in [2.05, 4.69) is 48.4 Å². The summed E-state index contributed by atoms with van der Waals surface area (Å²) in [7, 11) is 0. The molecule has 3 aliphatic heterocycles. The number of benzene rings is 2. The highest BCUT2D eigenvalue weighted by molar-refractivity contribution is 5.98. The highest BCUT2D eigenvalue weighted by Gasteiger charge is 2.65. The molecule has 4 heterocycles. The van der Waals surface area contributed by atoms with E-state index in [9.17, 15) is 14.4 Å². The number of carbonyl (C=O) groups excluding carboxylic acids is 3. The predicted molar refractivity (Wildman–Crippen MR) is 155 cm³/mol. The Kier molecular flexibility index (Phi) is 5.92. The van der Waals surface area contributed by atoms with Gasteiger partial charge in [-0.1, -0.05) is 51.1 Å². The number of hydrogen-bond acceptors (Lipinski definition) is 4. The van der Waals surface area contributed by atoms with Crippen LogP contribution in [-0.2, 0) is 29.1 Å². The van der Waals surface area contributed by atoms with Gasteiger partial charge in [0.25, 0.3) is 0 Å². The van der Waals surface area contributed by atoms with Crippen molar-refractivity contribution in [2.24, 2.45) is 5.41 Å². The van der Waals surface area contributed by atoms with E-state index < -0.39 is 5.54 Å². The normalized spacial score (nSPS) is 24.6. The topological polar surface area (TPSA) is 102 Å². The van der Waals surface area contributed by atoms with Crippen LogP contribution in [-0.4, -0.2) is 74.0 Å². The molecule has 4 aliphatic rings. The second-order valence-electron chi connectivity index (χ2n) is 13.5. The minimum Gasteiger partial charge on any atom is -0.336 e. The fourth-order valence-electron chi connectivity index (χ4n) is 7.31. The van der Waals surface area contributed by atoms with E-state index in [1.807, 2.05) is 45.2 Å². The Morgan fingerprint density at radius 3 is 2.59 bits per heavy atom. The molecule has 9 nitrogen and oxygen atoms in total. The number of piperidine rings is 1. The number of aromatic amines is 1. The van der Waals surface area contributed by atoms with E-state index in [0.29, 0.717) is 45.6 Å². The summed E-state index contributed by atoms with van der Waals surface area (Å²) < 4.78 is 0. The van der Waals surface area contributed by atoms with Crippen molar-refractivity contribution in [3.05, 3.63) is 64.8 Å². The highest BCUT2D eigenvalue weighted by atomic mass is 16.2. The lowest BCUT2D eigenvalue weighted by molar-refractivity contribution is -0.137. The summed E-state index contributed by atoms with van der Waals surface area (Å²) in [6.45, 7) is 9.28. The third-order valence-electron chi connectivity index (χ3n) is 9.43. The van der Waals surface area contributed by atoms with Crippen molar-refractivity contribution in [1.29, 1.82) is 0 Å². The maximum atomic E-state index is 14.2. The molecule has 0 radical (unpaired) electrons. The molecule has 41 heavy (non-hydrogen) atoms. The quantitative estimate of drug-likeness (QED) is 0.512. The predicted octanol–water partition coefficient (Wildman–Crippen LogP) is 3.94. The van der Waals surface area contributed by atoms with Gasteiger partial charge in [-0.05, 0) is 53.0 Å². The van der Waals surface area contributed by atoms with Gasteiger partial charge in [0.1, 0.15) is 5.54 Å². The number of likely N-dealkylation sites (tertiary alicyclic amines) is 1. The molecule has 1 saturated heterocycles. The number of urea groups is 1. The summed E-state index contributed by atoms with van der Waals surface area (Å²) in [4.78, 5) is 46.6. The Labute approximate surface area is 240 Å². The van der Waals surface area contributed by atoms with Crippen LogP contribution in [0.3, 0.4) is 0 Å². The van der Waals surface area contributed by atoms with E-state index in [1.54, 1.807) is 0 Å². The fourth-order valence-corrected chi connectivity index (χ4v) is 7.31. The van der Waals surface area contributed by atoms with Crippen LogP contribution < -0.4 is 5.32 Å². The summed E-state index contributed by atoms with van der Waals surface area (Å²) in [6.07, 6.45) is 4.37. The summed E-state index contributed by atoms with van der Waals surface area (Å²) >= 11 is 0. The number of fused-ring (bicyclic) bond motifs is 6. The number of nitrogens with zero attached hydrogens (tertiary/aromatic N) is 4. The van der Waals surface area contributed by atoms with Gasteiger partial charge < -0.3 is 20.0 Å². The molecule has 214 valence electrons. The van der Waals surface area contributed by atoms with Crippen molar-refractivity contribution in [2.45, 2.75) is 77.0 Å². The minimum atomic E-state index is -0.922. The number of aromatic nitrogens is 2. The lowest BCUT2D eigenvalue weighted by Gasteiger charge is -2.41. The highest BCUT2D eigenvalue weighted by Crippen LogP contribution is 2.56. The lowest BCUT2D eigenvalue weighted by atomic mass is 9.95. The van der Waals surface area contributed by atoms with E-state index >= 15 is 0 Å². The third kappa shape index (κ3) is 4.46. The molecule has 2 fully saturated rings. The number of hydrogen-bond donors (Lipinski definition) is 2. The second-order valence-corrected chi connectivity index (χ2v) is 13.5. The summed E-state index contributed by atoms with van der Waals surface area (Å²) in [5.74, 6) is 0.118. The van der Waals surface area contributed by atoms with Crippen molar-refractivity contribution in [3.63, 3.8) is 0 Å². The Morgan fingerprint density at radius 2 is 1.83 bits per heavy atom. The maximum absolute atomic E-state index is 14.2. The molecule has 1 aliphatic carbocycles. The first-order valence-electron chi connectivity index (χ1n) is 14.8. The second kappa shape index (κ2) is 9.33.